The van der Waals surface area contributed by atoms with E-state index in [1.54, 1.807) is 18.2 Å². The van der Waals surface area contributed by atoms with Gasteiger partial charge >= 0.3 is 0 Å². The topological polar surface area (TPSA) is 59.3 Å². The SMILES string of the molecule is CCc1ccc(/C=C2\Oc3cc(OCC#N)cc(C)c3C2=O)cc1. The average molecular weight is 319 g/mol. The number of carbonyl (C=O) groups is 1. The predicted octanol–water partition coefficient (Wildman–Crippen LogP) is 4.08. The molecule has 0 saturated carbocycles. The van der Waals surface area contributed by atoms with Crippen molar-refractivity contribution in [3.05, 3.63) is 64.4 Å². The lowest BCUT2D eigenvalue weighted by atomic mass is 10.0. The van der Waals surface area contributed by atoms with Gasteiger partial charge in [0.25, 0.3) is 0 Å². The normalized spacial score (nSPS) is 14.2. The molecule has 1 heterocycles. The Balaban J connectivity index is 1.90. The molecule has 0 spiro atoms. The van der Waals surface area contributed by atoms with Crippen LogP contribution in [-0.2, 0) is 6.42 Å². The number of allylic oxidation sites excluding steroid dienone is 1. The van der Waals surface area contributed by atoms with Crippen molar-refractivity contribution in [1.82, 2.24) is 0 Å². The summed E-state index contributed by atoms with van der Waals surface area (Å²) in [6.45, 7) is 3.89. The Bertz CT molecular complexity index is 858. The second-order valence-corrected chi connectivity index (χ2v) is 5.60. The van der Waals surface area contributed by atoms with Crippen LogP contribution in [0.15, 0.2) is 42.2 Å². The second-order valence-electron chi connectivity index (χ2n) is 5.60. The molecule has 3 rings (SSSR count). The van der Waals surface area contributed by atoms with Crippen LogP contribution in [0.4, 0.5) is 0 Å². The lowest BCUT2D eigenvalue weighted by Gasteiger charge is -2.06. The zero-order valence-electron chi connectivity index (χ0n) is 13.6. The van der Waals surface area contributed by atoms with Gasteiger partial charge in [0.2, 0.25) is 5.78 Å². The summed E-state index contributed by atoms with van der Waals surface area (Å²) in [6.07, 6.45) is 2.72. The molecule has 0 aliphatic carbocycles. The molecule has 1 aliphatic heterocycles. The molecule has 0 radical (unpaired) electrons. The number of carbonyl (C=O) groups excluding carboxylic acids is 1. The van der Waals surface area contributed by atoms with E-state index in [1.807, 2.05) is 37.3 Å². The van der Waals surface area contributed by atoms with Gasteiger partial charge in [-0.3, -0.25) is 4.79 Å². The highest BCUT2D eigenvalue weighted by Gasteiger charge is 2.29. The highest BCUT2D eigenvalue weighted by molar-refractivity contribution is 6.15. The fraction of sp³-hybridized carbons (Fsp3) is 0.200. The molecular formula is C20H17NO3. The summed E-state index contributed by atoms with van der Waals surface area (Å²) in [4.78, 5) is 12.6. The molecule has 0 fully saturated rings. The first-order valence-electron chi connectivity index (χ1n) is 7.80. The Labute approximate surface area is 140 Å². The summed E-state index contributed by atoms with van der Waals surface area (Å²) >= 11 is 0. The highest BCUT2D eigenvalue weighted by atomic mass is 16.5. The molecule has 24 heavy (non-hydrogen) atoms. The minimum atomic E-state index is -0.131. The van der Waals surface area contributed by atoms with Crippen molar-refractivity contribution in [2.24, 2.45) is 0 Å². The minimum absolute atomic E-state index is 0.0430. The smallest absolute Gasteiger partial charge is 0.232 e. The third-order valence-electron chi connectivity index (χ3n) is 3.93. The number of benzene rings is 2. The maximum Gasteiger partial charge on any atom is 0.232 e. The molecule has 2 aromatic carbocycles. The van der Waals surface area contributed by atoms with Gasteiger partial charge in [-0.05, 0) is 42.2 Å². The van der Waals surface area contributed by atoms with Crippen LogP contribution < -0.4 is 9.47 Å². The van der Waals surface area contributed by atoms with E-state index in [0.717, 1.165) is 17.5 Å². The molecule has 0 atom stereocenters. The van der Waals surface area contributed by atoms with Crippen molar-refractivity contribution in [3.8, 4) is 17.6 Å². The quantitative estimate of drug-likeness (QED) is 0.797. The maximum absolute atomic E-state index is 12.6. The van der Waals surface area contributed by atoms with E-state index >= 15 is 0 Å². The molecule has 0 N–H and O–H groups in total. The number of aryl methyl sites for hydroxylation is 2. The van der Waals surface area contributed by atoms with Crippen LogP contribution in [0.3, 0.4) is 0 Å². The summed E-state index contributed by atoms with van der Waals surface area (Å²) in [7, 11) is 0. The van der Waals surface area contributed by atoms with Crippen LogP contribution in [0, 0.1) is 18.3 Å². The van der Waals surface area contributed by atoms with Crippen molar-refractivity contribution < 1.29 is 14.3 Å². The molecule has 0 amide bonds. The maximum atomic E-state index is 12.6. The van der Waals surface area contributed by atoms with Crippen molar-refractivity contribution in [3.63, 3.8) is 0 Å². The number of nitriles is 1. The molecule has 0 unspecified atom stereocenters. The molecule has 0 saturated heterocycles. The fourth-order valence-electron chi connectivity index (χ4n) is 2.68. The van der Waals surface area contributed by atoms with Crippen LogP contribution in [0.25, 0.3) is 6.08 Å². The molecule has 4 nitrogen and oxygen atoms in total. The third-order valence-corrected chi connectivity index (χ3v) is 3.93. The number of ketones is 1. The van der Waals surface area contributed by atoms with E-state index in [0.29, 0.717) is 22.8 Å². The Morgan fingerprint density at radius 1 is 1.25 bits per heavy atom. The van der Waals surface area contributed by atoms with Crippen LogP contribution in [-0.4, -0.2) is 12.4 Å². The second kappa shape index (κ2) is 6.59. The van der Waals surface area contributed by atoms with Gasteiger partial charge in [-0.15, -0.1) is 0 Å². The standard InChI is InChI=1S/C20H17NO3/c1-3-14-4-6-15(7-5-14)11-18-20(22)19-13(2)10-16(23-9-8-21)12-17(19)24-18/h4-7,10-12H,3,9H2,1-2H3/b18-11-. The van der Waals surface area contributed by atoms with Gasteiger partial charge in [-0.1, -0.05) is 31.2 Å². The fourth-order valence-corrected chi connectivity index (χ4v) is 2.68. The van der Waals surface area contributed by atoms with E-state index in [1.165, 1.54) is 5.56 Å². The average Bonchev–Trinajstić information content (AvgIpc) is 2.90. The zero-order valence-corrected chi connectivity index (χ0v) is 13.6. The van der Waals surface area contributed by atoms with Crippen molar-refractivity contribution in [2.75, 3.05) is 6.61 Å². The number of fused-ring (bicyclic) bond motifs is 1. The Hall–Kier alpha value is -3.06. The van der Waals surface area contributed by atoms with Gasteiger partial charge in [-0.2, -0.15) is 5.26 Å². The van der Waals surface area contributed by atoms with Crippen molar-refractivity contribution in [1.29, 1.82) is 5.26 Å². The van der Waals surface area contributed by atoms with Gasteiger partial charge < -0.3 is 9.47 Å². The molecule has 120 valence electrons. The highest BCUT2D eigenvalue weighted by Crippen LogP contribution is 2.37. The first-order valence-corrected chi connectivity index (χ1v) is 7.80. The van der Waals surface area contributed by atoms with Crippen LogP contribution in [0.2, 0.25) is 0 Å². The van der Waals surface area contributed by atoms with E-state index in [4.69, 9.17) is 14.7 Å². The number of ether oxygens (including phenoxy) is 2. The molecular weight excluding hydrogens is 302 g/mol. The summed E-state index contributed by atoms with van der Waals surface area (Å²) in [6, 6.07) is 13.3. The summed E-state index contributed by atoms with van der Waals surface area (Å²) < 4.78 is 11.0. The minimum Gasteiger partial charge on any atom is -0.479 e. The lowest BCUT2D eigenvalue weighted by Crippen LogP contribution is -2.00. The van der Waals surface area contributed by atoms with E-state index < -0.39 is 0 Å². The first-order chi connectivity index (χ1) is 11.6. The predicted molar refractivity (Wildman–Crippen MR) is 91.0 cm³/mol. The van der Waals surface area contributed by atoms with Crippen LogP contribution in [0.5, 0.6) is 11.5 Å². The number of nitrogens with zero attached hydrogens (tertiary/aromatic N) is 1. The van der Waals surface area contributed by atoms with Gasteiger partial charge in [0.1, 0.15) is 17.6 Å². The van der Waals surface area contributed by atoms with E-state index in [9.17, 15) is 4.79 Å². The van der Waals surface area contributed by atoms with E-state index in [2.05, 4.69) is 6.92 Å². The zero-order chi connectivity index (χ0) is 17.1. The summed E-state index contributed by atoms with van der Waals surface area (Å²) in [5.74, 6) is 1.17. The summed E-state index contributed by atoms with van der Waals surface area (Å²) in [5, 5.41) is 8.61. The Morgan fingerprint density at radius 2 is 2.00 bits per heavy atom. The molecule has 2 aromatic rings. The number of hydrogen-bond acceptors (Lipinski definition) is 4. The summed E-state index contributed by atoms with van der Waals surface area (Å²) in [5.41, 5.74) is 3.49. The largest absolute Gasteiger partial charge is 0.479 e. The number of hydrogen-bond donors (Lipinski definition) is 0. The molecule has 0 aromatic heterocycles. The van der Waals surface area contributed by atoms with Gasteiger partial charge in [0, 0.05) is 6.07 Å². The van der Waals surface area contributed by atoms with Gasteiger partial charge in [-0.25, -0.2) is 0 Å². The molecule has 4 heteroatoms. The van der Waals surface area contributed by atoms with Crippen LogP contribution >= 0.6 is 0 Å². The third kappa shape index (κ3) is 3.02. The van der Waals surface area contributed by atoms with Crippen LogP contribution in [0.1, 0.15) is 34.0 Å². The first kappa shape index (κ1) is 15.8. The number of rotatable bonds is 4. The van der Waals surface area contributed by atoms with Crippen molar-refractivity contribution >= 4 is 11.9 Å². The Morgan fingerprint density at radius 3 is 2.67 bits per heavy atom. The van der Waals surface area contributed by atoms with Crippen molar-refractivity contribution in [2.45, 2.75) is 20.3 Å². The monoisotopic (exact) mass is 319 g/mol. The Kier molecular flexibility index (Phi) is 4.35. The van der Waals surface area contributed by atoms with Gasteiger partial charge in [0.15, 0.2) is 12.4 Å². The van der Waals surface area contributed by atoms with E-state index in [-0.39, 0.29) is 12.4 Å². The number of Topliss-reactive ketones (excluding diaryl/α,β-unsaturated/α-hetero) is 1. The lowest BCUT2D eigenvalue weighted by molar-refractivity contribution is 0.101. The molecule has 0 bridgehead atoms. The van der Waals surface area contributed by atoms with Gasteiger partial charge in [0.05, 0.1) is 5.56 Å². The molecule has 1 aliphatic rings.